The summed E-state index contributed by atoms with van der Waals surface area (Å²) in [6.45, 7) is 2.88. The number of hydrogen-bond donors (Lipinski definition) is 2. The van der Waals surface area contributed by atoms with Crippen molar-refractivity contribution in [2.45, 2.75) is 122 Å². The Morgan fingerprint density at radius 2 is 1.04 bits per heavy atom. The summed E-state index contributed by atoms with van der Waals surface area (Å²) >= 11 is 0. The number of nitrogens with one attached hydrogen (secondary N) is 1. The maximum absolute atomic E-state index is 10.3. The molecule has 1 amide bonds. The van der Waals surface area contributed by atoms with Gasteiger partial charge in [-0.2, -0.15) is 0 Å². The summed E-state index contributed by atoms with van der Waals surface area (Å²) in [7, 11) is 0. The molecule has 0 aromatic heterocycles. The van der Waals surface area contributed by atoms with Gasteiger partial charge in [-0.25, -0.2) is 4.79 Å². The second-order valence-corrected chi connectivity index (χ2v) is 7.58. The first-order valence-electron chi connectivity index (χ1n) is 11.4. The fourth-order valence-electron chi connectivity index (χ4n) is 3.27. The molecule has 0 aromatic rings. The normalized spacial score (nSPS) is 11.3. The standard InChI is InChI=1S/C23H45NO2/c1-2-3-4-5-6-7-8-9-10-11-12-13-14-15-16-17-18-19-20-21-22-24-23(25)26/h10-11,24H,2-9,12-22H2,1H3,(H,25,26). The van der Waals surface area contributed by atoms with E-state index in [-0.39, 0.29) is 0 Å². The van der Waals surface area contributed by atoms with Gasteiger partial charge in [-0.05, 0) is 32.1 Å². The highest BCUT2D eigenvalue weighted by molar-refractivity contribution is 5.64. The molecule has 0 saturated heterocycles. The molecule has 2 N–H and O–H groups in total. The van der Waals surface area contributed by atoms with E-state index in [4.69, 9.17) is 5.11 Å². The van der Waals surface area contributed by atoms with Gasteiger partial charge in [0.1, 0.15) is 0 Å². The Morgan fingerprint density at radius 1 is 0.654 bits per heavy atom. The summed E-state index contributed by atoms with van der Waals surface area (Å²) in [5.41, 5.74) is 0. The summed E-state index contributed by atoms with van der Waals surface area (Å²) in [6.07, 6.45) is 27.6. The van der Waals surface area contributed by atoms with Crippen molar-refractivity contribution in [3.05, 3.63) is 12.2 Å². The lowest BCUT2D eigenvalue weighted by Gasteiger charge is -2.02. The Hall–Kier alpha value is -0.990. The van der Waals surface area contributed by atoms with Gasteiger partial charge in [-0.15, -0.1) is 0 Å². The van der Waals surface area contributed by atoms with Crippen molar-refractivity contribution in [1.29, 1.82) is 0 Å². The van der Waals surface area contributed by atoms with Crippen molar-refractivity contribution in [3.63, 3.8) is 0 Å². The SMILES string of the molecule is CCCCCCCCCC=CCCCCCCCCCCCNC(=O)O. The van der Waals surface area contributed by atoms with Gasteiger partial charge >= 0.3 is 6.09 Å². The summed E-state index contributed by atoms with van der Waals surface area (Å²) < 4.78 is 0. The van der Waals surface area contributed by atoms with E-state index in [1.807, 2.05) is 0 Å². The molecule has 0 aromatic carbocycles. The second kappa shape index (κ2) is 22.1. The smallest absolute Gasteiger partial charge is 0.404 e. The predicted octanol–water partition coefficient (Wildman–Crippen LogP) is 7.85. The van der Waals surface area contributed by atoms with Crippen molar-refractivity contribution < 1.29 is 9.90 Å². The molecule has 0 atom stereocenters. The van der Waals surface area contributed by atoms with Gasteiger partial charge in [-0.3, -0.25) is 0 Å². The topological polar surface area (TPSA) is 49.3 Å². The van der Waals surface area contributed by atoms with Gasteiger partial charge in [0.15, 0.2) is 0 Å². The van der Waals surface area contributed by atoms with Crippen molar-refractivity contribution in [3.8, 4) is 0 Å². The van der Waals surface area contributed by atoms with Crippen LogP contribution < -0.4 is 5.32 Å². The number of unbranched alkanes of at least 4 members (excludes halogenated alkanes) is 16. The van der Waals surface area contributed by atoms with E-state index in [1.54, 1.807) is 0 Å². The highest BCUT2D eigenvalue weighted by Crippen LogP contribution is 2.11. The molecule has 0 unspecified atom stereocenters. The minimum atomic E-state index is -0.905. The minimum absolute atomic E-state index is 0.599. The van der Waals surface area contributed by atoms with Crippen LogP contribution in [0.25, 0.3) is 0 Å². The number of hydrogen-bond acceptors (Lipinski definition) is 1. The Kier molecular flexibility index (Phi) is 21.2. The average Bonchev–Trinajstić information content (AvgIpc) is 2.62. The molecular weight excluding hydrogens is 322 g/mol. The molecule has 26 heavy (non-hydrogen) atoms. The molecule has 0 bridgehead atoms. The number of allylic oxidation sites excluding steroid dienone is 2. The van der Waals surface area contributed by atoms with Gasteiger partial charge in [0.2, 0.25) is 0 Å². The molecule has 0 fully saturated rings. The molecule has 0 spiro atoms. The summed E-state index contributed by atoms with van der Waals surface area (Å²) in [6, 6.07) is 0. The average molecular weight is 368 g/mol. The highest BCUT2D eigenvalue weighted by atomic mass is 16.4. The van der Waals surface area contributed by atoms with Crippen LogP contribution in [0.4, 0.5) is 4.79 Å². The number of amides is 1. The monoisotopic (exact) mass is 367 g/mol. The fraction of sp³-hybridized carbons (Fsp3) is 0.870. The van der Waals surface area contributed by atoms with Crippen LogP contribution >= 0.6 is 0 Å². The van der Waals surface area contributed by atoms with Crippen molar-refractivity contribution in [1.82, 2.24) is 5.32 Å². The first-order valence-corrected chi connectivity index (χ1v) is 11.4. The van der Waals surface area contributed by atoms with E-state index >= 15 is 0 Å². The van der Waals surface area contributed by atoms with Crippen LogP contribution in [0.1, 0.15) is 122 Å². The molecule has 0 radical (unpaired) electrons. The quantitative estimate of drug-likeness (QED) is 0.170. The second-order valence-electron chi connectivity index (χ2n) is 7.58. The zero-order valence-electron chi connectivity index (χ0n) is 17.4. The maximum atomic E-state index is 10.3. The fourth-order valence-corrected chi connectivity index (χ4v) is 3.27. The lowest BCUT2D eigenvalue weighted by Crippen LogP contribution is -2.21. The predicted molar refractivity (Wildman–Crippen MR) is 114 cm³/mol. The molecule has 154 valence electrons. The first kappa shape index (κ1) is 25.0. The molecule has 3 heteroatoms. The van der Waals surface area contributed by atoms with Gasteiger partial charge < -0.3 is 10.4 Å². The number of carbonyl (C=O) groups is 1. The van der Waals surface area contributed by atoms with Crippen LogP contribution in [-0.2, 0) is 0 Å². The third-order valence-corrected chi connectivity index (χ3v) is 4.96. The molecule has 0 aliphatic rings. The van der Waals surface area contributed by atoms with Crippen LogP contribution in [0.3, 0.4) is 0 Å². The minimum Gasteiger partial charge on any atom is -0.465 e. The van der Waals surface area contributed by atoms with Gasteiger partial charge in [0.05, 0.1) is 0 Å². The Balaban J connectivity index is 3.07. The molecule has 0 heterocycles. The number of rotatable bonds is 20. The van der Waals surface area contributed by atoms with Crippen molar-refractivity contribution in [2.75, 3.05) is 6.54 Å². The van der Waals surface area contributed by atoms with Crippen LogP contribution in [0, 0.1) is 0 Å². The van der Waals surface area contributed by atoms with Gasteiger partial charge in [-0.1, -0.05) is 103 Å². The van der Waals surface area contributed by atoms with E-state index in [0.717, 1.165) is 12.8 Å². The third kappa shape index (κ3) is 23.0. The Morgan fingerprint density at radius 3 is 1.46 bits per heavy atom. The third-order valence-electron chi connectivity index (χ3n) is 4.96. The molecule has 0 rings (SSSR count). The Bertz CT molecular complexity index is 315. The van der Waals surface area contributed by atoms with Crippen LogP contribution in [0.5, 0.6) is 0 Å². The van der Waals surface area contributed by atoms with E-state index in [0.29, 0.717) is 6.54 Å². The largest absolute Gasteiger partial charge is 0.465 e. The molecular formula is C23H45NO2. The van der Waals surface area contributed by atoms with Crippen LogP contribution in [0.2, 0.25) is 0 Å². The lowest BCUT2D eigenvalue weighted by atomic mass is 10.1. The van der Waals surface area contributed by atoms with E-state index in [9.17, 15) is 4.79 Å². The Labute approximate surface area is 163 Å². The maximum Gasteiger partial charge on any atom is 0.404 e. The van der Waals surface area contributed by atoms with Gasteiger partial charge in [0, 0.05) is 6.54 Å². The zero-order chi connectivity index (χ0) is 19.1. The summed E-state index contributed by atoms with van der Waals surface area (Å²) in [5.74, 6) is 0. The van der Waals surface area contributed by atoms with E-state index in [1.165, 1.54) is 103 Å². The first-order chi connectivity index (χ1) is 12.8. The summed E-state index contributed by atoms with van der Waals surface area (Å²) in [5, 5.41) is 10.9. The van der Waals surface area contributed by atoms with Crippen LogP contribution in [-0.4, -0.2) is 17.7 Å². The molecule has 0 saturated carbocycles. The van der Waals surface area contributed by atoms with Crippen LogP contribution in [0.15, 0.2) is 12.2 Å². The van der Waals surface area contributed by atoms with Gasteiger partial charge in [0.25, 0.3) is 0 Å². The van der Waals surface area contributed by atoms with E-state index < -0.39 is 6.09 Å². The highest BCUT2D eigenvalue weighted by Gasteiger charge is 1.95. The molecule has 0 aliphatic heterocycles. The molecule has 0 aliphatic carbocycles. The van der Waals surface area contributed by atoms with Crippen molar-refractivity contribution in [2.24, 2.45) is 0 Å². The molecule has 3 nitrogen and oxygen atoms in total. The van der Waals surface area contributed by atoms with E-state index in [2.05, 4.69) is 24.4 Å². The summed E-state index contributed by atoms with van der Waals surface area (Å²) in [4.78, 5) is 10.3. The lowest BCUT2D eigenvalue weighted by molar-refractivity contribution is 0.194. The van der Waals surface area contributed by atoms with Crippen molar-refractivity contribution >= 4 is 6.09 Å². The number of carboxylic acid groups (broad SMARTS) is 1. The zero-order valence-corrected chi connectivity index (χ0v) is 17.4.